The molecule has 0 unspecified atom stereocenters. The minimum Gasteiger partial charge on any atom is -0.493 e. The summed E-state index contributed by atoms with van der Waals surface area (Å²) < 4.78 is 16.0. The molecule has 0 atom stereocenters. The Kier molecular flexibility index (Phi) is 5.02. The van der Waals surface area contributed by atoms with Gasteiger partial charge in [0, 0.05) is 16.7 Å². The number of nitrogen functional groups attached to an aromatic ring is 1. The quantitative estimate of drug-likeness (QED) is 0.671. The maximum absolute atomic E-state index is 11.9. The van der Waals surface area contributed by atoms with E-state index in [1.165, 1.54) is 33.5 Å². The zero-order valence-corrected chi connectivity index (χ0v) is 14.1. The van der Waals surface area contributed by atoms with Gasteiger partial charge in [-0.3, -0.25) is 9.59 Å². The zero-order valence-electron chi connectivity index (χ0n) is 14.1. The highest BCUT2D eigenvalue weighted by Gasteiger charge is 2.24. The van der Waals surface area contributed by atoms with E-state index in [1.807, 2.05) is 0 Å². The Morgan fingerprint density at radius 1 is 0.800 bits per heavy atom. The molecule has 0 spiro atoms. The fourth-order valence-electron chi connectivity index (χ4n) is 2.63. The van der Waals surface area contributed by atoms with Crippen LogP contribution in [0.2, 0.25) is 0 Å². The minimum absolute atomic E-state index is 0.0225. The molecule has 2 rings (SSSR count). The number of rotatable bonds is 6. The summed E-state index contributed by atoms with van der Waals surface area (Å²) in [6, 6.07) is 6.00. The Morgan fingerprint density at radius 3 is 1.84 bits per heavy atom. The van der Waals surface area contributed by atoms with Crippen molar-refractivity contribution in [2.75, 3.05) is 27.1 Å². The number of carbonyl (C=O) groups excluding carboxylic acids is 2. The van der Waals surface area contributed by atoms with E-state index in [1.54, 1.807) is 12.1 Å². The highest BCUT2D eigenvalue weighted by atomic mass is 16.5. The number of nitrogens with two attached hydrogens (primary N) is 3. The molecule has 0 radical (unpaired) electrons. The minimum atomic E-state index is -0.728. The first-order valence-electron chi connectivity index (χ1n) is 7.18. The molecule has 0 heterocycles. The molecule has 2 amide bonds. The first-order chi connectivity index (χ1) is 11.9. The van der Waals surface area contributed by atoms with Gasteiger partial charge in [0.05, 0.1) is 32.6 Å². The van der Waals surface area contributed by atoms with Gasteiger partial charge in [0.15, 0.2) is 11.5 Å². The predicted octanol–water partition coefficient (Wildman–Crippen LogP) is 1.16. The molecule has 8 nitrogen and oxygen atoms in total. The molecule has 0 saturated heterocycles. The molecule has 0 saturated carbocycles. The van der Waals surface area contributed by atoms with E-state index < -0.39 is 11.8 Å². The summed E-state index contributed by atoms with van der Waals surface area (Å²) in [6.07, 6.45) is 0. The SMILES string of the molecule is COc1ccc(-c2c(C(N)=O)ccc(C(N)=O)c2N)c(OC)c1OC. The monoisotopic (exact) mass is 345 g/mol. The van der Waals surface area contributed by atoms with Crippen LogP contribution < -0.4 is 31.4 Å². The third-order valence-corrected chi connectivity index (χ3v) is 3.75. The molecule has 0 aliphatic heterocycles. The van der Waals surface area contributed by atoms with Crippen molar-refractivity contribution in [1.29, 1.82) is 0 Å². The molecular weight excluding hydrogens is 326 g/mol. The molecule has 25 heavy (non-hydrogen) atoms. The van der Waals surface area contributed by atoms with Gasteiger partial charge in [-0.2, -0.15) is 0 Å². The highest BCUT2D eigenvalue weighted by Crippen LogP contribution is 2.47. The number of amides is 2. The lowest BCUT2D eigenvalue weighted by Crippen LogP contribution is -2.18. The third-order valence-electron chi connectivity index (χ3n) is 3.75. The summed E-state index contributed by atoms with van der Waals surface area (Å²) in [4.78, 5) is 23.5. The summed E-state index contributed by atoms with van der Waals surface area (Å²) in [6.45, 7) is 0. The molecule has 132 valence electrons. The van der Waals surface area contributed by atoms with Crippen molar-refractivity contribution < 1.29 is 23.8 Å². The Hall–Kier alpha value is -3.42. The number of primary amides is 2. The van der Waals surface area contributed by atoms with Crippen molar-refractivity contribution >= 4 is 17.5 Å². The standard InChI is InChI=1S/C17H19N3O5/c1-23-11-7-6-8(14(24-2)15(11)25-3)12-9(16(19)21)4-5-10(13(12)18)17(20)22/h4-7H,18H2,1-3H3,(H2,19,21)(H2,20,22). The van der Waals surface area contributed by atoms with Gasteiger partial charge in [-0.1, -0.05) is 0 Å². The second-order valence-corrected chi connectivity index (χ2v) is 5.06. The van der Waals surface area contributed by atoms with Gasteiger partial charge in [0.2, 0.25) is 11.7 Å². The smallest absolute Gasteiger partial charge is 0.250 e. The van der Waals surface area contributed by atoms with Gasteiger partial charge < -0.3 is 31.4 Å². The van der Waals surface area contributed by atoms with Gasteiger partial charge in [0.25, 0.3) is 5.91 Å². The van der Waals surface area contributed by atoms with E-state index in [-0.39, 0.29) is 28.1 Å². The molecule has 2 aromatic carbocycles. The molecule has 0 aromatic heterocycles. The Balaban J connectivity index is 2.92. The Labute approximate surface area is 144 Å². The van der Waals surface area contributed by atoms with Crippen LogP contribution >= 0.6 is 0 Å². The highest BCUT2D eigenvalue weighted by molar-refractivity contribution is 6.09. The van der Waals surface area contributed by atoms with Crippen LogP contribution in [0.4, 0.5) is 5.69 Å². The lowest BCUT2D eigenvalue weighted by molar-refractivity contribution is 0.0989. The average Bonchev–Trinajstić information content (AvgIpc) is 2.59. The van der Waals surface area contributed by atoms with Crippen molar-refractivity contribution in [2.24, 2.45) is 11.5 Å². The summed E-state index contributed by atoms with van der Waals surface area (Å²) in [5, 5.41) is 0. The van der Waals surface area contributed by atoms with E-state index in [4.69, 9.17) is 31.4 Å². The van der Waals surface area contributed by atoms with Crippen LogP contribution in [-0.2, 0) is 0 Å². The van der Waals surface area contributed by atoms with Crippen LogP contribution in [-0.4, -0.2) is 33.1 Å². The van der Waals surface area contributed by atoms with Gasteiger partial charge in [-0.05, 0) is 24.3 Å². The van der Waals surface area contributed by atoms with Crippen LogP contribution in [0.25, 0.3) is 11.1 Å². The molecular formula is C17H19N3O5. The molecule has 0 aliphatic carbocycles. The van der Waals surface area contributed by atoms with Gasteiger partial charge in [-0.25, -0.2) is 0 Å². The number of anilines is 1. The first-order valence-corrected chi connectivity index (χ1v) is 7.18. The molecule has 0 fully saturated rings. The Morgan fingerprint density at radius 2 is 1.36 bits per heavy atom. The van der Waals surface area contributed by atoms with Crippen molar-refractivity contribution in [3.8, 4) is 28.4 Å². The van der Waals surface area contributed by atoms with Crippen LogP contribution in [0.5, 0.6) is 17.2 Å². The molecule has 0 aliphatic rings. The number of carbonyl (C=O) groups is 2. The number of ether oxygens (including phenoxy) is 3. The van der Waals surface area contributed by atoms with Gasteiger partial charge in [-0.15, -0.1) is 0 Å². The van der Waals surface area contributed by atoms with Crippen molar-refractivity contribution in [1.82, 2.24) is 0 Å². The maximum atomic E-state index is 11.9. The second-order valence-electron chi connectivity index (χ2n) is 5.06. The van der Waals surface area contributed by atoms with Crippen molar-refractivity contribution in [3.05, 3.63) is 35.4 Å². The first kappa shape index (κ1) is 17.9. The van der Waals surface area contributed by atoms with E-state index in [2.05, 4.69) is 0 Å². The molecule has 0 bridgehead atoms. The van der Waals surface area contributed by atoms with E-state index in [0.29, 0.717) is 17.1 Å². The lowest BCUT2D eigenvalue weighted by Gasteiger charge is -2.19. The molecule has 6 N–H and O–H groups in total. The topological polar surface area (TPSA) is 140 Å². The largest absolute Gasteiger partial charge is 0.493 e. The summed E-state index contributed by atoms with van der Waals surface area (Å²) in [5.74, 6) is -0.434. The average molecular weight is 345 g/mol. The summed E-state index contributed by atoms with van der Waals surface area (Å²) in [5.41, 5.74) is 17.8. The number of hydrogen-bond acceptors (Lipinski definition) is 6. The summed E-state index contributed by atoms with van der Waals surface area (Å²) >= 11 is 0. The van der Waals surface area contributed by atoms with Gasteiger partial charge in [0.1, 0.15) is 0 Å². The molecule has 8 heteroatoms. The van der Waals surface area contributed by atoms with Crippen molar-refractivity contribution in [3.63, 3.8) is 0 Å². The van der Waals surface area contributed by atoms with E-state index in [9.17, 15) is 9.59 Å². The van der Waals surface area contributed by atoms with Crippen LogP contribution in [0.15, 0.2) is 24.3 Å². The van der Waals surface area contributed by atoms with Crippen LogP contribution in [0, 0.1) is 0 Å². The van der Waals surface area contributed by atoms with Crippen LogP contribution in [0.3, 0.4) is 0 Å². The molecule has 2 aromatic rings. The van der Waals surface area contributed by atoms with E-state index >= 15 is 0 Å². The van der Waals surface area contributed by atoms with Crippen LogP contribution in [0.1, 0.15) is 20.7 Å². The Bertz CT molecular complexity index is 849. The fraction of sp³-hybridized carbons (Fsp3) is 0.176. The lowest BCUT2D eigenvalue weighted by atomic mass is 9.93. The maximum Gasteiger partial charge on any atom is 0.250 e. The van der Waals surface area contributed by atoms with Gasteiger partial charge >= 0.3 is 0 Å². The number of hydrogen-bond donors (Lipinski definition) is 3. The predicted molar refractivity (Wildman–Crippen MR) is 93.0 cm³/mol. The number of methoxy groups -OCH3 is 3. The third kappa shape index (κ3) is 3.01. The zero-order chi connectivity index (χ0) is 18.7. The van der Waals surface area contributed by atoms with Crippen molar-refractivity contribution in [2.45, 2.75) is 0 Å². The number of benzene rings is 2. The van der Waals surface area contributed by atoms with E-state index in [0.717, 1.165) is 0 Å². The fourth-order valence-corrected chi connectivity index (χ4v) is 2.63. The second kappa shape index (κ2) is 7.00. The normalized spacial score (nSPS) is 10.2. The summed E-state index contributed by atoms with van der Waals surface area (Å²) in [7, 11) is 4.36.